The van der Waals surface area contributed by atoms with E-state index in [-0.39, 0.29) is 6.61 Å². The lowest BCUT2D eigenvalue weighted by molar-refractivity contribution is 0.217. The molecule has 0 aromatic carbocycles. The predicted molar refractivity (Wildman–Crippen MR) is 69.0 cm³/mol. The van der Waals surface area contributed by atoms with Crippen molar-refractivity contribution in [1.82, 2.24) is 9.88 Å². The van der Waals surface area contributed by atoms with E-state index in [1.807, 2.05) is 6.07 Å². The van der Waals surface area contributed by atoms with Crippen LogP contribution in [0.5, 0.6) is 5.88 Å². The van der Waals surface area contributed by atoms with E-state index in [0.717, 1.165) is 17.1 Å². The number of hydrogen-bond acceptors (Lipinski definition) is 4. The molecule has 1 aromatic rings. The standard InChI is InChI=1S/C12H17BrN2O2/c1-15(11-2-3-11)4-5-17-12-9(8-16)6-10(13)7-14-12/h6-7,11,16H,2-5,8H2,1H3. The minimum Gasteiger partial charge on any atom is -0.476 e. The van der Waals surface area contributed by atoms with Crippen LogP contribution in [-0.4, -0.2) is 41.2 Å². The van der Waals surface area contributed by atoms with Gasteiger partial charge in [0.2, 0.25) is 5.88 Å². The van der Waals surface area contributed by atoms with E-state index >= 15 is 0 Å². The van der Waals surface area contributed by atoms with Crippen molar-refractivity contribution in [1.29, 1.82) is 0 Å². The Bertz CT molecular complexity index is 383. The van der Waals surface area contributed by atoms with Crippen LogP contribution in [-0.2, 0) is 6.61 Å². The van der Waals surface area contributed by atoms with Crippen molar-refractivity contribution in [2.45, 2.75) is 25.5 Å². The topological polar surface area (TPSA) is 45.6 Å². The van der Waals surface area contributed by atoms with Crippen LogP contribution in [0.3, 0.4) is 0 Å². The predicted octanol–water partition coefficient (Wildman–Crippen LogP) is 1.81. The van der Waals surface area contributed by atoms with Crippen molar-refractivity contribution in [2.24, 2.45) is 0 Å². The van der Waals surface area contributed by atoms with Gasteiger partial charge in [-0.15, -0.1) is 0 Å². The molecule has 1 heterocycles. The van der Waals surface area contributed by atoms with Gasteiger partial charge in [0.15, 0.2) is 0 Å². The molecule has 1 N–H and O–H groups in total. The number of likely N-dealkylation sites (N-methyl/N-ethyl adjacent to an activating group) is 1. The van der Waals surface area contributed by atoms with Gasteiger partial charge in [-0.1, -0.05) is 0 Å². The SMILES string of the molecule is CN(CCOc1ncc(Br)cc1CO)C1CC1. The van der Waals surface area contributed by atoms with Crippen molar-refractivity contribution in [3.63, 3.8) is 0 Å². The van der Waals surface area contributed by atoms with Gasteiger partial charge < -0.3 is 14.7 Å². The lowest BCUT2D eigenvalue weighted by Crippen LogP contribution is -2.26. The monoisotopic (exact) mass is 300 g/mol. The number of halogens is 1. The molecule has 94 valence electrons. The van der Waals surface area contributed by atoms with E-state index in [0.29, 0.717) is 18.1 Å². The summed E-state index contributed by atoms with van der Waals surface area (Å²) >= 11 is 3.32. The summed E-state index contributed by atoms with van der Waals surface area (Å²) in [7, 11) is 2.11. The van der Waals surface area contributed by atoms with E-state index in [9.17, 15) is 5.11 Å². The zero-order valence-electron chi connectivity index (χ0n) is 9.90. The highest BCUT2D eigenvalue weighted by Gasteiger charge is 2.25. The molecule has 1 aliphatic carbocycles. The summed E-state index contributed by atoms with van der Waals surface area (Å²) in [4.78, 5) is 6.46. The Morgan fingerprint density at radius 3 is 3.00 bits per heavy atom. The van der Waals surface area contributed by atoms with Crippen LogP contribution in [0, 0.1) is 0 Å². The first kappa shape index (κ1) is 12.8. The number of ether oxygens (including phenoxy) is 1. The van der Waals surface area contributed by atoms with Gasteiger partial charge in [0.05, 0.1) is 6.61 Å². The minimum atomic E-state index is -0.0553. The number of hydrogen-bond donors (Lipinski definition) is 1. The van der Waals surface area contributed by atoms with Crippen molar-refractivity contribution in [3.8, 4) is 5.88 Å². The fraction of sp³-hybridized carbons (Fsp3) is 0.583. The molecule has 0 amide bonds. The van der Waals surface area contributed by atoms with Gasteiger partial charge in [0, 0.05) is 28.8 Å². The molecule has 1 aliphatic rings. The Labute approximate surface area is 110 Å². The van der Waals surface area contributed by atoms with Crippen LogP contribution in [0.2, 0.25) is 0 Å². The maximum absolute atomic E-state index is 9.20. The van der Waals surface area contributed by atoms with E-state index in [1.54, 1.807) is 6.20 Å². The average Bonchev–Trinajstić information content (AvgIpc) is 3.14. The van der Waals surface area contributed by atoms with E-state index in [1.165, 1.54) is 12.8 Å². The molecular weight excluding hydrogens is 284 g/mol. The second kappa shape index (κ2) is 5.80. The summed E-state index contributed by atoms with van der Waals surface area (Å²) in [5, 5.41) is 9.20. The molecule has 2 rings (SSSR count). The third kappa shape index (κ3) is 3.66. The molecule has 0 unspecified atom stereocenters. The average molecular weight is 301 g/mol. The summed E-state index contributed by atoms with van der Waals surface area (Å²) in [6, 6.07) is 2.57. The lowest BCUT2D eigenvalue weighted by atomic mass is 10.3. The molecule has 0 atom stereocenters. The molecule has 0 spiro atoms. The van der Waals surface area contributed by atoms with Gasteiger partial charge in [-0.2, -0.15) is 0 Å². The number of nitrogens with zero attached hydrogens (tertiary/aromatic N) is 2. The Morgan fingerprint density at radius 1 is 1.59 bits per heavy atom. The quantitative estimate of drug-likeness (QED) is 0.870. The van der Waals surface area contributed by atoms with Gasteiger partial charge in [0.25, 0.3) is 0 Å². The first-order chi connectivity index (χ1) is 8.20. The molecule has 1 saturated carbocycles. The maximum Gasteiger partial charge on any atom is 0.218 e. The van der Waals surface area contributed by atoms with Crippen molar-refractivity contribution in [3.05, 3.63) is 22.3 Å². The van der Waals surface area contributed by atoms with Crippen molar-refractivity contribution < 1.29 is 9.84 Å². The second-order valence-electron chi connectivity index (χ2n) is 4.34. The molecule has 1 fully saturated rings. The molecule has 0 aliphatic heterocycles. The molecule has 1 aromatic heterocycles. The number of aromatic nitrogens is 1. The van der Waals surface area contributed by atoms with Gasteiger partial charge in [-0.25, -0.2) is 4.98 Å². The van der Waals surface area contributed by atoms with Gasteiger partial charge >= 0.3 is 0 Å². The highest BCUT2D eigenvalue weighted by molar-refractivity contribution is 9.10. The van der Waals surface area contributed by atoms with E-state index < -0.39 is 0 Å². The van der Waals surface area contributed by atoms with Gasteiger partial charge in [-0.05, 0) is 41.9 Å². The largest absolute Gasteiger partial charge is 0.476 e. The molecule has 0 saturated heterocycles. The van der Waals surface area contributed by atoms with Crippen LogP contribution in [0.4, 0.5) is 0 Å². The van der Waals surface area contributed by atoms with Gasteiger partial charge in [0.1, 0.15) is 6.61 Å². The third-order valence-corrected chi connectivity index (χ3v) is 3.35. The zero-order chi connectivity index (χ0) is 12.3. The van der Waals surface area contributed by atoms with Crippen molar-refractivity contribution >= 4 is 15.9 Å². The number of aliphatic hydroxyl groups is 1. The number of aliphatic hydroxyl groups excluding tert-OH is 1. The number of rotatable bonds is 6. The lowest BCUT2D eigenvalue weighted by Gasteiger charge is -2.16. The van der Waals surface area contributed by atoms with Crippen LogP contribution >= 0.6 is 15.9 Å². The first-order valence-electron chi connectivity index (χ1n) is 5.79. The molecule has 5 heteroatoms. The molecule has 17 heavy (non-hydrogen) atoms. The second-order valence-corrected chi connectivity index (χ2v) is 5.25. The Balaban J connectivity index is 1.85. The Kier molecular flexibility index (Phi) is 4.36. The summed E-state index contributed by atoms with van der Waals surface area (Å²) in [5.74, 6) is 0.528. The van der Waals surface area contributed by atoms with Crippen LogP contribution in [0.1, 0.15) is 18.4 Å². The van der Waals surface area contributed by atoms with Crippen molar-refractivity contribution in [2.75, 3.05) is 20.2 Å². The van der Waals surface area contributed by atoms with E-state index in [2.05, 4.69) is 32.9 Å². The highest BCUT2D eigenvalue weighted by atomic mass is 79.9. The fourth-order valence-corrected chi connectivity index (χ4v) is 2.07. The highest BCUT2D eigenvalue weighted by Crippen LogP contribution is 2.25. The summed E-state index contributed by atoms with van der Waals surface area (Å²) in [5.41, 5.74) is 0.716. The Hall–Kier alpha value is -0.650. The van der Waals surface area contributed by atoms with Crippen LogP contribution in [0.25, 0.3) is 0 Å². The smallest absolute Gasteiger partial charge is 0.218 e. The first-order valence-corrected chi connectivity index (χ1v) is 6.58. The zero-order valence-corrected chi connectivity index (χ0v) is 11.5. The third-order valence-electron chi connectivity index (χ3n) is 2.92. The summed E-state index contributed by atoms with van der Waals surface area (Å²) in [6.45, 7) is 1.45. The molecular formula is C12H17BrN2O2. The fourth-order valence-electron chi connectivity index (χ4n) is 1.70. The minimum absolute atomic E-state index is 0.0553. The summed E-state index contributed by atoms with van der Waals surface area (Å²) in [6.07, 6.45) is 4.28. The van der Waals surface area contributed by atoms with E-state index in [4.69, 9.17) is 4.74 Å². The molecule has 0 bridgehead atoms. The Morgan fingerprint density at radius 2 is 2.35 bits per heavy atom. The number of pyridine rings is 1. The van der Waals surface area contributed by atoms with Crippen LogP contribution < -0.4 is 4.74 Å². The van der Waals surface area contributed by atoms with Gasteiger partial charge in [-0.3, -0.25) is 0 Å². The summed E-state index contributed by atoms with van der Waals surface area (Å²) < 4.78 is 6.45. The normalized spacial score (nSPS) is 15.3. The van der Waals surface area contributed by atoms with Crippen LogP contribution in [0.15, 0.2) is 16.7 Å². The maximum atomic E-state index is 9.20. The molecule has 4 nitrogen and oxygen atoms in total. The molecule has 0 radical (unpaired) electrons.